The lowest BCUT2D eigenvalue weighted by molar-refractivity contribution is -0.121. The standard InChI is InChI=1S/C22H26N2O4S/c1-26-17-13-15(14-18(27-2)22(17)28-3)10-11-20(25)23-12-6-9-21-24-16-7-4-5-8-19(16)29-21/h4-5,7-8,13-14H,6,9-12H2,1-3H3,(H,23,25). The number of carbonyl (C=O) groups excluding carboxylic acids is 1. The van der Waals surface area contributed by atoms with Crippen LogP contribution in [0.5, 0.6) is 17.2 Å². The number of methoxy groups -OCH3 is 3. The molecule has 7 heteroatoms. The van der Waals surface area contributed by atoms with Gasteiger partial charge in [0.05, 0.1) is 36.6 Å². The lowest BCUT2D eigenvalue weighted by Gasteiger charge is -2.14. The first kappa shape index (κ1) is 20.9. The van der Waals surface area contributed by atoms with Gasteiger partial charge in [-0.05, 0) is 42.7 Å². The number of benzene rings is 2. The largest absolute Gasteiger partial charge is 0.493 e. The van der Waals surface area contributed by atoms with Gasteiger partial charge >= 0.3 is 0 Å². The number of para-hydroxylation sites is 1. The van der Waals surface area contributed by atoms with Gasteiger partial charge in [-0.25, -0.2) is 4.98 Å². The summed E-state index contributed by atoms with van der Waals surface area (Å²) in [4.78, 5) is 16.8. The summed E-state index contributed by atoms with van der Waals surface area (Å²) in [5.41, 5.74) is 2.01. The molecule has 0 unspecified atom stereocenters. The van der Waals surface area contributed by atoms with Crippen molar-refractivity contribution in [2.75, 3.05) is 27.9 Å². The minimum absolute atomic E-state index is 0.0306. The van der Waals surface area contributed by atoms with Gasteiger partial charge in [0.2, 0.25) is 11.7 Å². The van der Waals surface area contributed by atoms with Crippen LogP contribution in [0.4, 0.5) is 0 Å². The number of aromatic nitrogens is 1. The third-order valence-corrected chi connectivity index (χ3v) is 5.69. The van der Waals surface area contributed by atoms with E-state index < -0.39 is 0 Å². The molecule has 154 valence electrons. The first-order valence-corrected chi connectivity index (χ1v) is 10.4. The third-order valence-electron chi connectivity index (χ3n) is 4.59. The molecule has 0 radical (unpaired) electrons. The average molecular weight is 415 g/mol. The molecule has 0 spiro atoms. The summed E-state index contributed by atoms with van der Waals surface area (Å²) >= 11 is 1.72. The van der Waals surface area contributed by atoms with Gasteiger partial charge in [0.1, 0.15) is 0 Å². The Bertz CT molecular complexity index is 912. The van der Waals surface area contributed by atoms with Gasteiger partial charge < -0.3 is 19.5 Å². The van der Waals surface area contributed by atoms with E-state index >= 15 is 0 Å². The van der Waals surface area contributed by atoms with E-state index in [4.69, 9.17) is 14.2 Å². The van der Waals surface area contributed by atoms with Crippen LogP contribution < -0.4 is 19.5 Å². The smallest absolute Gasteiger partial charge is 0.220 e. The highest BCUT2D eigenvalue weighted by molar-refractivity contribution is 7.18. The van der Waals surface area contributed by atoms with Crippen molar-refractivity contribution >= 4 is 27.5 Å². The van der Waals surface area contributed by atoms with Crippen LogP contribution >= 0.6 is 11.3 Å². The number of hydrogen-bond acceptors (Lipinski definition) is 6. The number of thiazole rings is 1. The van der Waals surface area contributed by atoms with Crippen LogP contribution in [0.2, 0.25) is 0 Å². The van der Waals surface area contributed by atoms with Gasteiger partial charge in [-0.2, -0.15) is 0 Å². The van der Waals surface area contributed by atoms with E-state index in [-0.39, 0.29) is 5.91 Å². The van der Waals surface area contributed by atoms with Gasteiger partial charge in [0.25, 0.3) is 0 Å². The molecule has 1 N–H and O–H groups in total. The second-order valence-corrected chi connectivity index (χ2v) is 7.68. The molecule has 6 nitrogen and oxygen atoms in total. The maximum absolute atomic E-state index is 12.2. The van der Waals surface area contributed by atoms with Crippen LogP contribution in [0.15, 0.2) is 36.4 Å². The van der Waals surface area contributed by atoms with Gasteiger partial charge in [-0.15, -0.1) is 11.3 Å². The molecule has 0 saturated carbocycles. The van der Waals surface area contributed by atoms with Crippen molar-refractivity contribution < 1.29 is 19.0 Å². The van der Waals surface area contributed by atoms with Crippen molar-refractivity contribution in [2.45, 2.75) is 25.7 Å². The predicted molar refractivity (Wildman–Crippen MR) is 115 cm³/mol. The van der Waals surface area contributed by atoms with Gasteiger partial charge in [0.15, 0.2) is 11.5 Å². The molecule has 0 saturated heterocycles. The number of rotatable bonds is 10. The van der Waals surface area contributed by atoms with Crippen LogP contribution in [-0.2, 0) is 17.6 Å². The number of carbonyl (C=O) groups is 1. The van der Waals surface area contributed by atoms with E-state index in [1.807, 2.05) is 30.3 Å². The summed E-state index contributed by atoms with van der Waals surface area (Å²) in [6.45, 7) is 0.643. The summed E-state index contributed by atoms with van der Waals surface area (Å²) in [7, 11) is 4.74. The summed E-state index contributed by atoms with van der Waals surface area (Å²) in [5, 5.41) is 4.10. The van der Waals surface area contributed by atoms with Crippen molar-refractivity contribution in [3.63, 3.8) is 0 Å². The fourth-order valence-electron chi connectivity index (χ4n) is 3.12. The molecular weight excluding hydrogens is 388 g/mol. The molecule has 0 aliphatic carbocycles. The first-order valence-electron chi connectivity index (χ1n) is 9.54. The van der Waals surface area contributed by atoms with Crippen molar-refractivity contribution in [1.29, 1.82) is 0 Å². The Morgan fingerprint density at radius 3 is 2.41 bits per heavy atom. The van der Waals surface area contributed by atoms with Gasteiger partial charge in [-0.1, -0.05) is 12.1 Å². The minimum atomic E-state index is 0.0306. The number of hydrogen-bond donors (Lipinski definition) is 1. The molecule has 0 fully saturated rings. The molecule has 0 atom stereocenters. The number of ether oxygens (including phenoxy) is 3. The molecule has 0 aliphatic rings. The van der Waals surface area contributed by atoms with Crippen molar-refractivity contribution in [1.82, 2.24) is 10.3 Å². The zero-order chi connectivity index (χ0) is 20.6. The number of nitrogens with zero attached hydrogens (tertiary/aromatic N) is 1. The van der Waals surface area contributed by atoms with Crippen molar-refractivity contribution in [3.05, 3.63) is 47.0 Å². The van der Waals surface area contributed by atoms with Crippen molar-refractivity contribution in [2.24, 2.45) is 0 Å². The average Bonchev–Trinajstić information content (AvgIpc) is 3.17. The number of aryl methyl sites for hydroxylation is 2. The van der Waals surface area contributed by atoms with Crippen LogP contribution in [-0.4, -0.2) is 38.8 Å². The van der Waals surface area contributed by atoms with Crippen LogP contribution in [0.3, 0.4) is 0 Å². The molecule has 1 amide bonds. The highest BCUT2D eigenvalue weighted by Crippen LogP contribution is 2.38. The van der Waals surface area contributed by atoms with Crippen LogP contribution in [0.1, 0.15) is 23.4 Å². The maximum atomic E-state index is 12.2. The number of amides is 1. The molecule has 3 aromatic rings. The van der Waals surface area contributed by atoms with Gasteiger partial charge in [0, 0.05) is 19.4 Å². The normalized spacial score (nSPS) is 10.7. The van der Waals surface area contributed by atoms with E-state index in [1.54, 1.807) is 32.7 Å². The monoisotopic (exact) mass is 414 g/mol. The Morgan fingerprint density at radius 1 is 1.03 bits per heavy atom. The topological polar surface area (TPSA) is 69.7 Å². The molecule has 0 bridgehead atoms. The predicted octanol–water partition coefficient (Wildman–Crippen LogP) is 4.00. The van der Waals surface area contributed by atoms with Crippen LogP contribution in [0.25, 0.3) is 10.2 Å². The molecule has 29 heavy (non-hydrogen) atoms. The fraction of sp³-hybridized carbons (Fsp3) is 0.364. The molecule has 1 heterocycles. The fourth-order valence-corrected chi connectivity index (χ4v) is 4.13. The second kappa shape index (κ2) is 10.1. The summed E-state index contributed by atoms with van der Waals surface area (Å²) in [6, 6.07) is 11.9. The minimum Gasteiger partial charge on any atom is -0.493 e. The summed E-state index contributed by atoms with van der Waals surface area (Å²) in [6.07, 6.45) is 2.74. The van der Waals surface area contributed by atoms with E-state index in [2.05, 4.69) is 16.4 Å². The highest BCUT2D eigenvalue weighted by atomic mass is 32.1. The zero-order valence-electron chi connectivity index (χ0n) is 17.0. The number of nitrogens with one attached hydrogen (secondary N) is 1. The Morgan fingerprint density at radius 2 is 1.76 bits per heavy atom. The third kappa shape index (κ3) is 5.38. The highest BCUT2D eigenvalue weighted by Gasteiger charge is 2.14. The molecule has 2 aromatic carbocycles. The van der Waals surface area contributed by atoms with E-state index in [0.717, 1.165) is 28.9 Å². The van der Waals surface area contributed by atoms with Crippen LogP contribution in [0, 0.1) is 0 Å². The Balaban J connectivity index is 1.45. The summed E-state index contributed by atoms with van der Waals surface area (Å²) < 4.78 is 17.2. The Hall–Kier alpha value is -2.80. The zero-order valence-corrected chi connectivity index (χ0v) is 17.8. The maximum Gasteiger partial charge on any atom is 0.220 e. The van der Waals surface area contributed by atoms with Gasteiger partial charge in [-0.3, -0.25) is 4.79 Å². The summed E-state index contributed by atoms with van der Waals surface area (Å²) in [5.74, 6) is 1.78. The van der Waals surface area contributed by atoms with Crippen molar-refractivity contribution in [3.8, 4) is 17.2 Å². The molecule has 0 aliphatic heterocycles. The quantitative estimate of drug-likeness (QED) is 0.508. The molecule has 3 rings (SSSR count). The SMILES string of the molecule is COc1cc(CCC(=O)NCCCc2nc3ccccc3s2)cc(OC)c1OC. The lowest BCUT2D eigenvalue weighted by atomic mass is 10.1. The Labute approximate surface area is 174 Å². The molecule has 1 aromatic heterocycles. The molecular formula is C22H26N2O4S. The second-order valence-electron chi connectivity index (χ2n) is 6.56. The number of fused-ring (bicyclic) bond motifs is 1. The first-order chi connectivity index (χ1) is 14.1. The lowest BCUT2D eigenvalue weighted by Crippen LogP contribution is -2.25. The van der Waals surface area contributed by atoms with E-state index in [9.17, 15) is 4.79 Å². The van der Waals surface area contributed by atoms with E-state index in [1.165, 1.54) is 4.70 Å². The van der Waals surface area contributed by atoms with E-state index in [0.29, 0.717) is 36.6 Å². The Kier molecular flexibility index (Phi) is 7.30.